The highest BCUT2D eigenvalue weighted by molar-refractivity contribution is 6.01. The number of hydrogen-bond acceptors (Lipinski definition) is 3. The van der Waals surface area contributed by atoms with Crippen molar-refractivity contribution in [2.45, 2.75) is 19.9 Å². The number of rotatable bonds is 4. The van der Waals surface area contributed by atoms with Crippen LogP contribution < -0.4 is 4.90 Å². The van der Waals surface area contributed by atoms with Gasteiger partial charge in [0.1, 0.15) is 0 Å². The Bertz CT molecular complexity index is 666. The molecule has 1 unspecified atom stereocenters. The van der Waals surface area contributed by atoms with E-state index in [9.17, 15) is 4.79 Å². The van der Waals surface area contributed by atoms with Gasteiger partial charge in [0, 0.05) is 18.3 Å². The van der Waals surface area contributed by atoms with Gasteiger partial charge in [-0.2, -0.15) is 5.26 Å². The Morgan fingerprint density at radius 2 is 1.67 bits per heavy atom. The maximum atomic E-state index is 12.5. The molecule has 0 aliphatic rings. The first-order valence-corrected chi connectivity index (χ1v) is 6.87. The number of likely N-dealkylation sites (N-methyl/N-ethyl adjacent to an activating group) is 1. The van der Waals surface area contributed by atoms with E-state index in [-0.39, 0.29) is 11.8 Å². The van der Waals surface area contributed by atoms with Crippen LogP contribution in [0.2, 0.25) is 0 Å². The summed E-state index contributed by atoms with van der Waals surface area (Å²) in [6.45, 7) is 3.89. The van der Waals surface area contributed by atoms with E-state index in [0.29, 0.717) is 11.1 Å². The molecule has 2 rings (SSSR count). The summed E-state index contributed by atoms with van der Waals surface area (Å²) in [6, 6.07) is 16.7. The van der Waals surface area contributed by atoms with Crippen molar-refractivity contribution in [2.75, 3.05) is 11.9 Å². The molecule has 0 saturated heterocycles. The van der Waals surface area contributed by atoms with Crippen molar-refractivity contribution in [1.82, 2.24) is 0 Å². The van der Waals surface area contributed by atoms with Gasteiger partial charge in [-0.15, -0.1) is 0 Å². The Balaban J connectivity index is 2.17. The first-order chi connectivity index (χ1) is 10.0. The standard InChI is InChI=1S/C18H18N2O/c1-13-4-8-16(9-5-13)18(21)14(2)20(3)17-10-6-15(12-19)7-11-17/h4-11,14H,1-3H3. The van der Waals surface area contributed by atoms with Gasteiger partial charge in [-0.05, 0) is 38.1 Å². The zero-order valence-corrected chi connectivity index (χ0v) is 12.5. The number of Topliss-reactive ketones (excluding diaryl/α,β-unsaturated/α-hetero) is 1. The molecule has 0 aliphatic heterocycles. The van der Waals surface area contributed by atoms with Gasteiger partial charge in [-0.25, -0.2) is 0 Å². The van der Waals surface area contributed by atoms with Gasteiger partial charge in [0.2, 0.25) is 0 Å². The molecule has 2 aromatic rings. The summed E-state index contributed by atoms with van der Waals surface area (Å²) in [4.78, 5) is 14.4. The maximum Gasteiger partial charge on any atom is 0.184 e. The summed E-state index contributed by atoms with van der Waals surface area (Å²) in [7, 11) is 1.89. The minimum absolute atomic E-state index is 0.0851. The molecule has 0 fully saturated rings. The van der Waals surface area contributed by atoms with Crippen LogP contribution in [0.4, 0.5) is 5.69 Å². The van der Waals surface area contributed by atoms with Crippen LogP contribution in [0.1, 0.15) is 28.4 Å². The van der Waals surface area contributed by atoms with E-state index >= 15 is 0 Å². The number of anilines is 1. The van der Waals surface area contributed by atoms with Crippen molar-refractivity contribution >= 4 is 11.5 Å². The average molecular weight is 278 g/mol. The molecule has 21 heavy (non-hydrogen) atoms. The maximum absolute atomic E-state index is 12.5. The van der Waals surface area contributed by atoms with Crippen molar-refractivity contribution < 1.29 is 4.79 Å². The number of hydrogen-bond donors (Lipinski definition) is 0. The summed E-state index contributed by atoms with van der Waals surface area (Å²) < 4.78 is 0. The quantitative estimate of drug-likeness (QED) is 0.803. The number of ketones is 1. The van der Waals surface area contributed by atoms with E-state index in [2.05, 4.69) is 6.07 Å². The van der Waals surface area contributed by atoms with Crippen LogP contribution in [-0.2, 0) is 0 Å². The Morgan fingerprint density at radius 3 is 2.19 bits per heavy atom. The molecule has 0 amide bonds. The number of carbonyl (C=O) groups is 1. The van der Waals surface area contributed by atoms with Crippen LogP contribution in [0.5, 0.6) is 0 Å². The lowest BCUT2D eigenvalue weighted by Crippen LogP contribution is -2.36. The first-order valence-electron chi connectivity index (χ1n) is 6.87. The third-order valence-corrected chi connectivity index (χ3v) is 3.70. The SMILES string of the molecule is Cc1ccc(C(=O)C(C)N(C)c2ccc(C#N)cc2)cc1. The molecular formula is C18H18N2O. The number of nitriles is 1. The third kappa shape index (κ3) is 3.29. The second-order valence-electron chi connectivity index (χ2n) is 5.18. The van der Waals surface area contributed by atoms with Crippen molar-refractivity contribution in [2.24, 2.45) is 0 Å². The number of nitrogens with zero attached hydrogens (tertiary/aromatic N) is 2. The van der Waals surface area contributed by atoms with Crippen LogP contribution in [0.15, 0.2) is 48.5 Å². The summed E-state index contributed by atoms with van der Waals surface area (Å²) in [5, 5.41) is 8.82. The number of benzene rings is 2. The lowest BCUT2D eigenvalue weighted by atomic mass is 10.0. The van der Waals surface area contributed by atoms with Crippen molar-refractivity contribution in [3.8, 4) is 6.07 Å². The van der Waals surface area contributed by atoms with Gasteiger partial charge >= 0.3 is 0 Å². The Morgan fingerprint density at radius 1 is 1.10 bits per heavy atom. The molecule has 0 radical (unpaired) electrons. The second kappa shape index (κ2) is 6.23. The van der Waals surface area contributed by atoms with Gasteiger partial charge in [-0.1, -0.05) is 29.8 Å². The van der Waals surface area contributed by atoms with Crippen LogP contribution in [0.3, 0.4) is 0 Å². The molecule has 0 heterocycles. The monoisotopic (exact) mass is 278 g/mol. The molecule has 0 spiro atoms. The highest BCUT2D eigenvalue weighted by Gasteiger charge is 2.19. The predicted molar refractivity (Wildman–Crippen MR) is 84.5 cm³/mol. The topological polar surface area (TPSA) is 44.1 Å². The molecule has 0 aromatic heterocycles. The number of carbonyl (C=O) groups excluding carboxylic acids is 1. The van der Waals surface area contributed by atoms with Gasteiger partial charge < -0.3 is 4.90 Å². The smallest absolute Gasteiger partial charge is 0.184 e. The highest BCUT2D eigenvalue weighted by Crippen LogP contribution is 2.18. The van der Waals surface area contributed by atoms with E-state index in [1.54, 1.807) is 12.1 Å². The minimum Gasteiger partial charge on any atom is -0.364 e. The fourth-order valence-electron chi connectivity index (χ4n) is 2.13. The molecule has 0 aliphatic carbocycles. The fraction of sp³-hybridized carbons (Fsp3) is 0.222. The predicted octanol–water partition coefficient (Wildman–Crippen LogP) is 3.57. The van der Waals surface area contributed by atoms with Crippen molar-refractivity contribution in [1.29, 1.82) is 5.26 Å². The first kappa shape index (κ1) is 14.8. The van der Waals surface area contributed by atoms with Gasteiger partial charge in [0.05, 0.1) is 17.7 Å². The van der Waals surface area contributed by atoms with Crippen LogP contribution in [0, 0.1) is 18.3 Å². The molecule has 1 atom stereocenters. The Hall–Kier alpha value is -2.60. The van der Waals surface area contributed by atoms with E-state index in [0.717, 1.165) is 11.3 Å². The summed E-state index contributed by atoms with van der Waals surface area (Å²) in [5.41, 5.74) is 3.39. The van der Waals surface area contributed by atoms with E-state index in [1.807, 2.05) is 62.2 Å². The Labute approximate surface area is 125 Å². The van der Waals surface area contributed by atoms with Gasteiger partial charge in [-0.3, -0.25) is 4.79 Å². The lowest BCUT2D eigenvalue weighted by Gasteiger charge is -2.26. The highest BCUT2D eigenvalue weighted by atomic mass is 16.1. The van der Waals surface area contributed by atoms with Crippen LogP contribution in [0.25, 0.3) is 0 Å². The molecule has 3 nitrogen and oxygen atoms in total. The van der Waals surface area contributed by atoms with Gasteiger partial charge in [0.25, 0.3) is 0 Å². The molecule has 3 heteroatoms. The second-order valence-corrected chi connectivity index (χ2v) is 5.18. The minimum atomic E-state index is -0.263. The van der Waals surface area contributed by atoms with Crippen LogP contribution in [-0.4, -0.2) is 18.9 Å². The zero-order chi connectivity index (χ0) is 15.4. The van der Waals surface area contributed by atoms with Crippen molar-refractivity contribution in [3.63, 3.8) is 0 Å². The van der Waals surface area contributed by atoms with E-state index < -0.39 is 0 Å². The zero-order valence-electron chi connectivity index (χ0n) is 12.5. The average Bonchev–Trinajstić information content (AvgIpc) is 2.53. The third-order valence-electron chi connectivity index (χ3n) is 3.70. The summed E-state index contributed by atoms with van der Waals surface area (Å²) in [5.74, 6) is 0.0851. The van der Waals surface area contributed by atoms with E-state index in [4.69, 9.17) is 5.26 Å². The summed E-state index contributed by atoms with van der Waals surface area (Å²) in [6.07, 6.45) is 0. The molecule has 2 aromatic carbocycles. The molecule has 0 bridgehead atoms. The summed E-state index contributed by atoms with van der Waals surface area (Å²) >= 11 is 0. The van der Waals surface area contributed by atoms with Gasteiger partial charge in [0.15, 0.2) is 5.78 Å². The fourth-order valence-corrected chi connectivity index (χ4v) is 2.13. The van der Waals surface area contributed by atoms with E-state index in [1.165, 1.54) is 0 Å². The largest absolute Gasteiger partial charge is 0.364 e. The normalized spacial score (nSPS) is 11.5. The molecular weight excluding hydrogens is 260 g/mol. The lowest BCUT2D eigenvalue weighted by molar-refractivity contribution is 0.0966. The van der Waals surface area contributed by atoms with Crippen molar-refractivity contribution in [3.05, 3.63) is 65.2 Å². The Kier molecular flexibility index (Phi) is 4.39. The number of aryl methyl sites for hydroxylation is 1. The molecule has 0 saturated carbocycles. The molecule has 106 valence electrons. The van der Waals surface area contributed by atoms with Crippen LogP contribution >= 0.6 is 0 Å². The molecule has 0 N–H and O–H groups in total.